The van der Waals surface area contributed by atoms with E-state index in [2.05, 4.69) is 54.2 Å². The average molecular weight is 365 g/mol. The predicted molar refractivity (Wildman–Crippen MR) is 94.1 cm³/mol. The molecular formula is C17H21BrN2S. The molecule has 3 rings (SSSR count). The Labute approximate surface area is 139 Å². The molecular weight excluding hydrogens is 344 g/mol. The van der Waals surface area contributed by atoms with Crippen LogP contribution in [-0.2, 0) is 6.54 Å². The molecule has 2 nitrogen and oxygen atoms in total. The molecule has 1 aliphatic carbocycles. The summed E-state index contributed by atoms with van der Waals surface area (Å²) in [6.07, 6.45) is 2.61. The topological polar surface area (TPSA) is 24.9 Å². The van der Waals surface area contributed by atoms with Gasteiger partial charge in [0.15, 0.2) is 0 Å². The fourth-order valence-corrected chi connectivity index (χ4v) is 3.93. The van der Waals surface area contributed by atoms with Gasteiger partial charge in [-0.2, -0.15) is 0 Å². The third-order valence-corrected chi connectivity index (χ3v) is 6.28. The zero-order valence-corrected chi connectivity index (χ0v) is 15.2. The van der Waals surface area contributed by atoms with Crippen LogP contribution in [-0.4, -0.2) is 11.5 Å². The van der Waals surface area contributed by atoms with E-state index in [-0.39, 0.29) is 0 Å². The maximum Gasteiger partial charge on any atom is 0.123 e. The number of aryl methyl sites for hydroxylation is 2. The van der Waals surface area contributed by atoms with Crippen molar-refractivity contribution in [1.82, 2.24) is 10.3 Å². The van der Waals surface area contributed by atoms with E-state index in [1.54, 1.807) is 0 Å². The maximum absolute atomic E-state index is 4.97. The van der Waals surface area contributed by atoms with Gasteiger partial charge in [-0.1, -0.05) is 22.9 Å². The summed E-state index contributed by atoms with van der Waals surface area (Å²) in [7, 11) is 0. The molecule has 4 heteroatoms. The predicted octanol–water partition coefficient (Wildman–Crippen LogP) is 5.18. The van der Waals surface area contributed by atoms with Gasteiger partial charge in [-0.05, 0) is 56.5 Å². The lowest BCUT2D eigenvalue weighted by atomic mass is 10.1. The molecule has 0 aliphatic heterocycles. The Balaban J connectivity index is 1.98. The lowest BCUT2D eigenvalue weighted by molar-refractivity contribution is 0.727. The van der Waals surface area contributed by atoms with E-state index in [0.717, 1.165) is 13.1 Å². The fraction of sp³-hybridized carbons (Fsp3) is 0.471. The number of hydrogen-bond acceptors (Lipinski definition) is 3. The van der Waals surface area contributed by atoms with Gasteiger partial charge in [0.1, 0.15) is 5.01 Å². The molecule has 0 saturated heterocycles. The van der Waals surface area contributed by atoms with Crippen molar-refractivity contribution < 1.29 is 0 Å². The van der Waals surface area contributed by atoms with Gasteiger partial charge >= 0.3 is 0 Å². The van der Waals surface area contributed by atoms with Crippen molar-refractivity contribution >= 4 is 27.3 Å². The number of hydrogen-bond donors (Lipinski definition) is 1. The minimum atomic E-state index is 0.710. The lowest BCUT2D eigenvalue weighted by Gasteiger charge is -2.05. The first-order valence-corrected chi connectivity index (χ1v) is 9.18. The Hall–Kier alpha value is -0.710. The Kier molecular flexibility index (Phi) is 4.48. The number of nitrogens with zero attached hydrogens (tertiary/aromatic N) is 1. The van der Waals surface area contributed by atoms with Crippen molar-refractivity contribution in [2.24, 2.45) is 0 Å². The van der Waals surface area contributed by atoms with Crippen LogP contribution in [0.25, 0.3) is 10.6 Å². The molecule has 2 aromatic rings. The highest BCUT2D eigenvalue weighted by Gasteiger charge is 2.29. The van der Waals surface area contributed by atoms with E-state index in [0.29, 0.717) is 5.92 Å². The van der Waals surface area contributed by atoms with Crippen LogP contribution in [0.3, 0.4) is 0 Å². The van der Waals surface area contributed by atoms with E-state index < -0.39 is 0 Å². The first kappa shape index (κ1) is 15.2. The second-order valence-corrected chi connectivity index (χ2v) is 7.68. The van der Waals surface area contributed by atoms with Crippen LogP contribution in [0.2, 0.25) is 0 Å². The first-order chi connectivity index (χ1) is 10.1. The molecule has 1 aromatic heterocycles. The average Bonchev–Trinajstić information content (AvgIpc) is 3.22. The van der Waals surface area contributed by atoms with E-state index in [1.807, 2.05) is 11.3 Å². The monoisotopic (exact) mass is 364 g/mol. The van der Waals surface area contributed by atoms with Gasteiger partial charge in [-0.15, -0.1) is 11.3 Å². The lowest BCUT2D eigenvalue weighted by Crippen LogP contribution is -2.11. The van der Waals surface area contributed by atoms with Crippen LogP contribution >= 0.6 is 27.3 Å². The zero-order valence-electron chi connectivity index (χ0n) is 12.8. The largest absolute Gasteiger partial charge is 0.312 e. The van der Waals surface area contributed by atoms with E-state index in [4.69, 9.17) is 4.98 Å². The minimum absolute atomic E-state index is 0.710. The third-order valence-electron chi connectivity index (χ3n) is 3.91. The summed E-state index contributed by atoms with van der Waals surface area (Å²) >= 11 is 5.50. The minimum Gasteiger partial charge on any atom is -0.312 e. The maximum atomic E-state index is 4.97. The summed E-state index contributed by atoms with van der Waals surface area (Å²) in [6, 6.07) is 4.48. The van der Waals surface area contributed by atoms with E-state index in [1.165, 1.54) is 49.6 Å². The number of nitrogens with one attached hydrogen (secondary N) is 1. The summed E-state index contributed by atoms with van der Waals surface area (Å²) in [4.78, 5) is 6.39. The molecule has 0 radical (unpaired) electrons. The molecule has 1 aliphatic rings. The highest BCUT2D eigenvalue weighted by Crippen LogP contribution is 2.44. The molecule has 0 bridgehead atoms. The van der Waals surface area contributed by atoms with Crippen molar-refractivity contribution in [3.8, 4) is 10.6 Å². The second-order valence-electron chi connectivity index (χ2n) is 5.81. The SMILES string of the molecule is CCNCc1sc(-c2cc(C)c(Br)c(C)c2)nc1C1CC1. The van der Waals surface area contributed by atoms with Gasteiger partial charge in [0.25, 0.3) is 0 Å². The highest BCUT2D eigenvalue weighted by molar-refractivity contribution is 9.10. The normalized spacial score (nSPS) is 14.7. The molecule has 0 unspecified atom stereocenters. The number of benzene rings is 1. The van der Waals surface area contributed by atoms with Crippen molar-refractivity contribution in [2.45, 2.75) is 46.1 Å². The van der Waals surface area contributed by atoms with Crippen LogP contribution in [0, 0.1) is 13.8 Å². The molecule has 0 spiro atoms. The summed E-state index contributed by atoms with van der Waals surface area (Å²) in [6.45, 7) is 8.41. The standard InChI is InChI=1S/C17H21BrN2S/c1-4-19-9-14-16(12-5-6-12)20-17(21-14)13-7-10(2)15(18)11(3)8-13/h7-8,12,19H,4-6,9H2,1-3H3. The third kappa shape index (κ3) is 3.22. The van der Waals surface area contributed by atoms with Crippen molar-refractivity contribution in [3.63, 3.8) is 0 Å². The zero-order chi connectivity index (χ0) is 15.0. The first-order valence-electron chi connectivity index (χ1n) is 7.57. The number of rotatable bonds is 5. The molecule has 1 aromatic carbocycles. The summed E-state index contributed by atoms with van der Waals surface area (Å²) in [5, 5.41) is 4.62. The molecule has 1 N–H and O–H groups in total. The molecule has 0 amide bonds. The Morgan fingerprint density at radius 3 is 2.52 bits per heavy atom. The number of aromatic nitrogens is 1. The van der Waals surface area contributed by atoms with Crippen molar-refractivity contribution in [1.29, 1.82) is 0 Å². The fourth-order valence-electron chi connectivity index (χ4n) is 2.60. The molecule has 1 heterocycles. The van der Waals surface area contributed by atoms with Crippen LogP contribution in [0.15, 0.2) is 16.6 Å². The van der Waals surface area contributed by atoms with Gasteiger partial charge in [-0.3, -0.25) is 0 Å². The second kappa shape index (κ2) is 6.19. The smallest absolute Gasteiger partial charge is 0.123 e. The van der Waals surface area contributed by atoms with Crippen LogP contribution in [0.4, 0.5) is 0 Å². The van der Waals surface area contributed by atoms with E-state index in [9.17, 15) is 0 Å². The Morgan fingerprint density at radius 2 is 1.95 bits per heavy atom. The van der Waals surface area contributed by atoms with E-state index >= 15 is 0 Å². The van der Waals surface area contributed by atoms with Gasteiger partial charge in [0.05, 0.1) is 5.69 Å². The number of thiazole rings is 1. The Morgan fingerprint density at radius 1 is 1.29 bits per heavy atom. The molecule has 0 atom stereocenters. The van der Waals surface area contributed by atoms with Crippen molar-refractivity contribution in [3.05, 3.63) is 38.3 Å². The van der Waals surface area contributed by atoms with Gasteiger partial charge in [-0.25, -0.2) is 4.98 Å². The molecule has 21 heavy (non-hydrogen) atoms. The Bertz CT molecular complexity index is 636. The molecule has 1 fully saturated rings. The van der Waals surface area contributed by atoms with Gasteiger partial charge < -0.3 is 5.32 Å². The van der Waals surface area contributed by atoms with Gasteiger partial charge in [0.2, 0.25) is 0 Å². The van der Waals surface area contributed by atoms with Crippen molar-refractivity contribution in [2.75, 3.05) is 6.54 Å². The van der Waals surface area contributed by atoms with Crippen LogP contribution < -0.4 is 5.32 Å². The summed E-state index contributed by atoms with van der Waals surface area (Å²) < 4.78 is 1.21. The molecule has 1 saturated carbocycles. The van der Waals surface area contributed by atoms with Gasteiger partial charge in [0, 0.05) is 27.4 Å². The quantitative estimate of drug-likeness (QED) is 0.790. The highest BCUT2D eigenvalue weighted by atomic mass is 79.9. The van der Waals surface area contributed by atoms with Crippen LogP contribution in [0.1, 0.15) is 47.4 Å². The summed E-state index contributed by atoms with van der Waals surface area (Å²) in [5.74, 6) is 0.710. The van der Waals surface area contributed by atoms with Crippen LogP contribution in [0.5, 0.6) is 0 Å². The summed E-state index contributed by atoms with van der Waals surface area (Å²) in [5.41, 5.74) is 5.15. The molecule has 112 valence electrons. The number of halogens is 1.